The predicted octanol–water partition coefficient (Wildman–Crippen LogP) is 9.41. The van der Waals surface area contributed by atoms with E-state index >= 15 is 0 Å². The Balaban J connectivity index is 2.00. The summed E-state index contributed by atoms with van der Waals surface area (Å²) < 4.78 is 1.17. The van der Waals surface area contributed by atoms with Crippen LogP contribution in [0, 0.1) is 0 Å². The van der Waals surface area contributed by atoms with Gasteiger partial charge in [0.25, 0.3) is 0 Å². The summed E-state index contributed by atoms with van der Waals surface area (Å²) in [5.41, 5.74) is 10.4. The fourth-order valence-corrected chi connectivity index (χ4v) is 6.13. The van der Waals surface area contributed by atoms with Crippen LogP contribution in [0.4, 0.5) is 0 Å². The normalized spacial score (nSPS) is 14.6. The van der Waals surface area contributed by atoms with Crippen molar-refractivity contribution in [3.63, 3.8) is 0 Å². The lowest BCUT2D eigenvalue weighted by molar-refractivity contribution is 0.586. The highest BCUT2D eigenvalue weighted by atomic mass is 79.9. The molecule has 0 heterocycles. The molecule has 0 saturated heterocycles. The second kappa shape index (κ2) is 7.95. The zero-order chi connectivity index (χ0) is 24.3. The second-order valence-electron chi connectivity index (χ2n) is 11.6. The van der Waals surface area contributed by atoms with Crippen LogP contribution in [-0.2, 0) is 16.2 Å². The molecule has 4 aromatic carbocycles. The van der Waals surface area contributed by atoms with Crippen LogP contribution >= 0.6 is 15.9 Å². The second-order valence-corrected chi connectivity index (χ2v) is 12.5. The van der Waals surface area contributed by atoms with E-state index < -0.39 is 0 Å². The van der Waals surface area contributed by atoms with Crippen LogP contribution in [0.1, 0.15) is 74.9 Å². The van der Waals surface area contributed by atoms with Crippen LogP contribution in [0.15, 0.2) is 95.5 Å². The molecule has 0 amide bonds. The highest BCUT2D eigenvalue weighted by Crippen LogP contribution is 2.59. The minimum absolute atomic E-state index is 0.0437. The molecule has 1 aliphatic carbocycles. The predicted molar refractivity (Wildman–Crippen MR) is 149 cm³/mol. The van der Waals surface area contributed by atoms with Crippen molar-refractivity contribution in [3.8, 4) is 11.1 Å². The summed E-state index contributed by atoms with van der Waals surface area (Å²) in [7, 11) is 0. The first-order valence-electron chi connectivity index (χ1n) is 12.2. The third-order valence-corrected chi connectivity index (χ3v) is 7.96. The van der Waals surface area contributed by atoms with Crippen molar-refractivity contribution in [2.75, 3.05) is 0 Å². The maximum Gasteiger partial charge on any atom is 0.0714 e. The summed E-state index contributed by atoms with van der Waals surface area (Å²) in [5, 5.41) is 0. The summed E-state index contributed by atoms with van der Waals surface area (Å²) in [5.74, 6) is 0. The molecule has 172 valence electrons. The van der Waals surface area contributed by atoms with Gasteiger partial charge in [-0.3, -0.25) is 0 Å². The van der Waals surface area contributed by atoms with E-state index in [0.717, 1.165) is 0 Å². The first-order valence-corrected chi connectivity index (χ1v) is 12.9. The SMILES string of the molecule is CC(C)(C)c1ccc2c(c1)C(c1ccccc1)(c1ccccc1)c1cc(C(C)(C)C)cc(Br)c1-2. The highest BCUT2D eigenvalue weighted by molar-refractivity contribution is 9.10. The molecule has 0 N–H and O–H groups in total. The topological polar surface area (TPSA) is 0 Å². The molecule has 0 fully saturated rings. The Hall–Kier alpha value is -2.64. The smallest absolute Gasteiger partial charge is 0.0622 e. The van der Waals surface area contributed by atoms with E-state index in [9.17, 15) is 0 Å². The number of fused-ring (bicyclic) bond motifs is 3. The maximum absolute atomic E-state index is 4.02. The zero-order valence-electron chi connectivity index (χ0n) is 21.0. The molecule has 34 heavy (non-hydrogen) atoms. The van der Waals surface area contributed by atoms with Crippen LogP contribution in [0.2, 0.25) is 0 Å². The molecule has 0 nitrogen and oxygen atoms in total. The Kier molecular flexibility index (Phi) is 5.41. The molecule has 0 aromatic heterocycles. The van der Waals surface area contributed by atoms with Crippen LogP contribution in [0.5, 0.6) is 0 Å². The van der Waals surface area contributed by atoms with E-state index in [1.54, 1.807) is 0 Å². The van der Waals surface area contributed by atoms with Gasteiger partial charge < -0.3 is 0 Å². The Morgan fingerprint density at radius 2 is 1.06 bits per heavy atom. The van der Waals surface area contributed by atoms with Gasteiger partial charge in [-0.2, -0.15) is 0 Å². The fraction of sp³-hybridized carbons (Fsp3) is 0.273. The average Bonchev–Trinajstić information content (AvgIpc) is 3.10. The lowest BCUT2D eigenvalue weighted by Crippen LogP contribution is -2.29. The van der Waals surface area contributed by atoms with Gasteiger partial charge in [0, 0.05) is 10.0 Å². The summed E-state index contributed by atoms with van der Waals surface area (Å²) in [6.45, 7) is 13.8. The van der Waals surface area contributed by atoms with E-state index in [1.807, 2.05) is 0 Å². The lowest BCUT2D eigenvalue weighted by Gasteiger charge is -2.35. The van der Waals surface area contributed by atoms with Crippen LogP contribution in [0.25, 0.3) is 11.1 Å². The van der Waals surface area contributed by atoms with Crippen molar-refractivity contribution >= 4 is 15.9 Å². The molecular weight excluding hydrogens is 476 g/mol. The van der Waals surface area contributed by atoms with E-state index in [2.05, 4.69) is 148 Å². The van der Waals surface area contributed by atoms with Crippen molar-refractivity contribution in [1.82, 2.24) is 0 Å². The van der Waals surface area contributed by atoms with Crippen molar-refractivity contribution in [2.45, 2.75) is 57.8 Å². The standard InChI is InChI=1S/C33H33Br/c1-31(2,3)24-17-18-26-27(19-24)33(22-13-9-7-10-14-22,23-15-11-8-12-16-23)28-20-25(32(4,5)6)21-29(34)30(26)28/h7-21H,1-6H3. The van der Waals surface area contributed by atoms with Gasteiger partial charge in [0.05, 0.1) is 5.41 Å². The third kappa shape index (κ3) is 3.48. The molecule has 1 heteroatoms. The number of rotatable bonds is 2. The van der Waals surface area contributed by atoms with Gasteiger partial charge in [-0.15, -0.1) is 0 Å². The Labute approximate surface area is 213 Å². The summed E-state index contributed by atoms with van der Waals surface area (Å²) in [4.78, 5) is 0. The molecule has 0 unspecified atom stereocenters. The lowest BCUT2D eigenvalue weighted by atomic mass is 9.66. The summed E-state index contributed by atoms with van der Waals surface area (Å²) in [6.07, 6.45) is 0. The number of benzene rings is 4. The van der Waals surface area contributed by atoms with Crippen molar-refractivity contribution in [1.29, 1.82) is 0 Å². The van der Waals surface area contributed by atoms with Gasteiger partial charge in [0.2, 0.25) is 0 Å². The Morgan fingerprint density at radius 1 is 0.559 bits per heavy atom. The first-order chi connectivity index (χ1) is 16.0. The molecule has 0 spiro atoms. The van der Waals surface area contributed by atoms with Gasteiger partial charge in [-0.1, -0.05) is 142 Å². The van der Waals surface area contributed by atoms with Gasteiger partial charge in [-0.05, 0) is 55.8 Å². The average molecular weight is 510 g/mol. The van der Waals surface area contributed by atoms with Crippen molar-refractivity contribution < 1.29 is 0 Å². The third-order valence-electron chi connectivity index (χ3n) is 7.33. The van der Waals surface area contributed by atoms with Crippen LogP contribution in [-0.4, -0.2) is 0 Å². The van der Waals surface area contributed by atoms with Gasteiger partial charge >= 0.3 is 0 Å². The Bertz CT molecular complexity index is 1310. The van der Waals surface area contributed by atoms with E-state index in [0.29, 0.717) is 0 Å². The van der Waals surface area contributed by atoms with Crippen LogP contribution in [0.3, 0.4) is 0 Å². The molecule has 1 aliphatic rings. The molecule has 4 aromatic rings. The van der Waals surface area contributed by atoms with Gasteiger partial charge in [-0.25, -0.2) is 0 Å². The summed E-state index contributed by atoms with van der Waals surface area (Å²) >= 11 is 4.02. The maximum atomic E-state index is 4.02. The minimum atomic E-state index is -0.377. The minimum Gasteiger partial charge on any atom is -0.0622 e. The summed E-state index contributed by atoms with van der Waals surface area (Å²) in [6, 6.07) is 34.1. The molecule has 0 saturated carbocycles. The van der Waals surface area contributed by atoms with Crippen molar-refractivity contribution in [2.24, 2.45) is 0 Å². The van der Waals surface area contributed by atoms with Gasteiger partial charge in [0.1, 0.15) is 0 Å². The molecule has 0 atom stereocenters. The highest BCUT2D eigenvalue weighted by Gasteiger charge is 2.47. The van der Waals surface area contributed by atoms with E-state index in [1.165, 1.54) is 49.0 Å². The quantitative estimate of drug-likeness (QED) is 0.222. The first kappa shape index (κ1) is 23.1. The number of hydrogen-bond acceptors (Lipinski definition) is 0. The monoisotopic (exact) mass is 508 g/mol. The zero-order valence-corrected chi connectivity index (χ0v) is 22.6. The number of halogens is 1. The fourth-order valence-electron chi connectivity index (χ4n) is 5.46. The van der Waals surface area contributed by atoms with Crippen molar-refractivity contribution in [3.05, 3.63) is 129 Å². The molecule has 0 radical (unpaired) electrons. The molecule has 5 rings (SSSR count). The van der Waals surface area contributed by atoms with E-state index in [4.69, 9.17) is 0 Å². The molecule has 0 bridgehead atoms. The van der Waals surface area contributed by atoms with Crippen LogP contribution < -0.4 is 0 Å². The Morgan fingerprint density at radius 3 is 1.56 bits per heavy atom. The van der Waals surface area contributed by atoms with E-state index in [-0.39, 0.29) is 16.2 Å². The number of hydrogen-bond donors (Lipinski definition) is 0. The van der Waals surface area contributed by atoms with Gasteiger partial charge in [0.15, 0.2) is 0 Å². The molecular formula is C33H33Br. The largest absolute Gasteiger partial charge is 0.0714 e. The molecule has 0 aliphatic heterocycles.